The van der Waals surface area contributed by atoms with Crippen LogP contribution < -0.4 is 0 Å². The number of ketones is 1. The minimum atomic E-state index is -3.47. The van der Waals surface area contributed by atoms with Crippen LogP contribution in [0.25, 0.3) is 0 Å². The monoisotopic (exact) mass is 417 g/mol. The molecule has 1 saturated heterocycles. The molecule has 0 aliphatic carbocycles. The number of carbonyl (C=O) groups excluding carboxylic acids is 1. The lowest BCUT2D eigenvalue weighted by Gasteiger charge is -2.33. The molecule has 7 heteroatoms. The fourth-order valence-electron chi connectivity index (χ4n) is 4.24. The summed E-state index contributed by atoms with van der Waals surface area (Å²) in [5.74, 6) is 0.0907. The molecular weight excluding hydrogens is 386 g/mol. The van der Waals surface area contributed by atoms with Gasteiger partial charge in [-0.3, -0.25) is 9.69 Å². The van der Waals surface area contributed by atoms with Gasteiger partial charge in [-0.2, -0.15) is 4.31 Å². The molecule has 0 N–H and O–H groups in total. The normalized spacial score (nSPS) is 16.9. The summed E-state index contributed by atoms with van der Waals surface area (Å²) in [6, 6.07) is 10.5. The van der Waals surface area contributed by atoms with Gasteiger partial charge in [-0.1, -0.05) is 18.2 Å². The molecule has 0 atom stereocenters. The SMILES string of the molecule is Cc1cc(C(=O)CN2CCN(S(=O)(=O)c3ccccc3)CC2)c(C)n1C(C)(C)C. The highest BCUT2D eigenvalue weighted by Gasteiger charge is 2.30. The molecule has 0 amide bonds. The molecule has 1 aliphatic rings. The fraction of sp³-hybridized carbons (Fsp3) is 0.500. The van der Waals surface area contributed by atoms with Crippen molar-refractivity contribution in [3.8, 4) is 0 Å². The maximum Gasteiger partial charge on any atom is 0.243 e. The number of nitrogens with zero attached hydrogens (tertiary/aromatic N) is 3. The lowest BCUT2D eigenvalue weighted by Crippen LogP contribution is -2.49. The molecule has 0 spiro atoms. The Morgan fingerprint density at radius 3 is 2.10 bits per heavy atom. The van der Waals surface area contributed by atoms with Gasteiger partial charge in [0, 0.05) is 48.7 Å². The van der Waals surface area contributed by atoms with E-state index in [9.17, 15) is 13.2 Å². The zero-order chi connectivity index (χ0) is 21.4. The second-order valence-electron chi connectivity index (χ2n) is 8.71. The second kappa shape index (κ2) is 8.05. The highest BCUT2D eigenvalue weighted by atomic mass is 32.2. The highest BCUT2D eigenvalue weighted by Crippen LogP contribution is 2.25. The van der Waals surface area contributed by atoms with Crippen LogP contribution in [0.1, 0.15) is 42.5 Å². The van der Waals surface area contributed by atoms with Crippen molar-refractivity contribution in [3.63, 3.8) is 0 Å². The zero-order valence-corrected chi connectivity index (χ0v) is 18.8. The van der Waals surface area contributed by atoms with E-state index in [0.717, 1.165) is 17.0 Å². The minimum Gasteiger partial charge on any atom is -0.343 e. The van der Waals surface area contributed by atoms with Crippen LogP contribution in [-0.2, 0) is 15.6 Å². The van der Waals surface area contributed by atoms with E-state index in [0.29, 0.717) is 37.6 Å². The summed E-state index contributed by atoms with van der Waals surface area (Å²) in [6.07, 6.45) is 0. The van der Waals surface area contributed by atoms with Gasteiger partial charge in [0.15, 0.2) is 5.78 Å². The Morgan fingerprint density at radius 2 is 1.59 bits per heavy atom. The fourth-order valence-corrected chi connectivity index (χ4v) is 5.68. The number of sulfonamides is 1. The summed E-state index contributed by atoms with van der Waals surface area (Å²) < 4.78 is 29.2. The van der Waals surface area contributed by atoms with Gasteiger partial charge in [0.2, 0.25) is 10.0 Å². The van der Waals surface area contributed by atoms with Crippen LogP contribution in [0.15, 0.2) is 41.3 Å². The summed E-state index contributed by atoms with van der Waals surface area (Å²) in [5.41, 5.74) is 2.75. The van der Waals surface area contributed by atoms with Crippen molar-refractivity contribution in [1.82, 2.24) is 13.8 Å². The van der Waals surface area contributed by atoms with E-state index in [1.807, 2.05) is 24.8 Å². The van der Waals surface area contributed by atoms with Gasteiger partial charge in [0.05, 0.1) is 11.4 Å². The third-order valence-corrected chi connectivity index (χ3v) is 7.39. The molecule has 0 bridgehead atoms. The molecule has 6 nitrogen and oxygen atoms in total. The Morgan fingerprint density at radius 1 is 1.00 bits per heavy atom. The summed E-state index contributed by atoms with van der Waals surface area (Å²) in [4.78, 5) is 15.3. The van der Waals surface area contributed by atoms with E-state index in [4.69, 9.17) is 0 Å². The third kappa shape index (κ3) is 4.47. The summed E-state index contributed by atoms with van der Waals surface area (Å²) in [7, 11) is -3.47. The first-order chi connectivity index (χ1) is 13.5. The van der Waals surface area contributed by atoms with Crippen LogP contribution >= 0.6 is 0 Å². The molecule has 2 aromatic rings. The van der Waals surface area contributed by atoms with Gasteiger partial charge >= 0.3 is 0 Å². The summed E-state index contributed by atoms with van der Waals surface area (Å²) in [6.45, 7) is 12.6. The number of aromatic nitrogens is 1. The third-order valence-electron chi connectivity index (χ3n) is 5.48. The number of hydrogen-bond acceptors (Lipinski definition) is 4. The van der Waals surface area contributed by atoms with Gasteiger partial charge < -0.3 is 4.57 Å². The van der Waals surface area contributed by atoms with Crippen LogP contribution in [0, 0.1) is 13.8 Å². The largest absolute Gasteiger partial charge is 0.343 e. The molecule has 1 aromatic heterocycles. The van der Waals surface area contributed by atoms with Gasteiger partial charge in [-0.15, -0.1) is 0 Å². The molecule has 2 heterocycles. The van der Waals surface area contributed by atoms with Crippen LogP contribution in [0.4, 0.5) is 0 Å². The minimum absolute atomic E-state index is 0.0792. The lowest BCUT2D eigenvalue weighted by molar-refractivity contribution is 0.0901. The van der Waals surface area contributed by atoms with Gasteiger partial charge in [-0.25, -0.2) is 8.42 Å². The number of rotatable bonds is 5. The average molecular weight is 418 g/mol. The quantitative estimate of drug-likeness (QED) is 0.702. The van der Waals surface area contributed by atoms with E-state index < -0.39 is 10.0 Å². The van der Waals surface area contributed by atoms with Crippen LogP contribution in [0.5, 0.6) is 0 Å². The van der Waals surface area contributed by atoms with E-state index in [-0.39, 0.29) is 11.3 Å². The van der Waals surface area contributed by atoms with Crippen molar-refractivity contribution in [2.24, 2.45) is 0 Å². The Hall–Kier alpha value is -1.96. The molecule has 0 unspecified atom stereocenters. The van der Waals surface area contributed by atoms with Crippen LogP contribution in [0.2, 0.25) is 0 Å². The van der Waals surface area contributed by atoms with E-state index in [1.54, 1.807) is 30.3 Å². The molecule has 1 aliphatic heterocycles. The molecule has 1 fully saturated rings. The second-order valence-corrected chi connectivity index (χ2v) is 10.6. The Kier molecular flexibility index (Phi) is 6.03. The Balaban J connectivity index is 1.65. The van der Waals surface area contributed by atoms with E-state index in [1.165, 1.54) is 4.31 Å². The maximum atomic E-state index is 12.9. The molecule has 0 radical (unpaired) electrons. The van der Waals surface area contributed by atoms with Crippen molar-refractivity contribution < 1.29 is 13.2 Å². The average Bonchev–Trinajstić information content (AvgIpc) is 2.97. The predicted octanol–water partition coefficient (Wildman–Crippen LogP) is 3.05. The summed E-state index contributed by atoms with van der Waals surface area (Å²) >= 11 is 0. The molecule has 29 heavy (non-hydrogen) atoms. The van der Waals surface area contributed by atoms with E-state index in [2.05, 4.69) is 25.3 Å². The smallest absolute Gasteiger partial charge is 0.243 e. The molecule has 0 saturated carbocycles. The van der Waals surface area contributed by atoms with E-state index >= 15 is 0 Å². The maximum absolute atomic E-state index is 12.9. The first kappa shape index (κ1) is 21.7. The van der Waals surface area contributed by atoms with Gasteiger partial charge in [0.25, 0.3) is 0 Å². The first-order valence-corrected chi connectivity index (χ1v) is 11.5. The van der Waals surface area contributed by atoms with Crippen molar-refractivity contribution in [3.05, 3.63) is 53.3 Å². The van der Waals surface area contributed by atoms with Crippen molar-refractivity contribution in [1.29, 1.82) is 0 Å². The molecule has 3 rings (SSSR count). The number of Topliss-reactive ketones (excluding diaryl/α,β-unsaturated/α-hetero) is 1. The standard InChI is InChI=1S/C22H31N3O3S/c1-17-15-20(18(2)25(17)22(3,4)5)21(26)16-23-11-13-24(14-12-23)29(27,28)19-9-7-6-8-10-19/h6-10,15H,11-14,16H2,1-5H3. The number of carbonyl (C=O) groups is 1. The molecule has 1 aromatic carbocycles. The van der Waals surface area contributed by atoms with Crippen molar-refractivity contribution in [2.45, 2.75) is 45.1 Å². The zero-order valence-electron chi connectivity index (χ0n) is 18.0. The topological polar surface area (TPSA) is 62.6 Å². The number of hydrogen-bond donors (Lipinski definition) is 0. The van der Waals surface area contributed by atoms with Gasteiger partial charge in [0.1, 0.15) is 0 Å². The van der Waals surface area contributed by atoms with Crippen molar-refractivity contribution >= 4 is 15.8 Å². The van der Waals surface area contributed by atoms with Crippen molar-refractivity contribution in [2.75, 3.05) is 32.7 Å². The van der Waals surface area contributed by atoms with Gasteiger partial charge in [-0.05, 0) is 52.8 Å². The van der Waals surface area contributed by atoms with Crippen LogP contribution in [0.3, 0.4) is 0 Å². The molecular formula is C22H31N3O3S. The Labute approximate surface area is 174 Å². The number of benzene rings is 1. The Bertz CT molecular complexity index is 980. The lowest BCUT2D eigenvalue weighted by atomic mass is 10.1. The highest BCUT2D eigenvalue weighted by molar-refractivity contribution is 7.89. The summed E-state index contributed by atoms with van der Waals surface area (Å²) in [5, 5.41) is 0. The number of piperazine rings is 1. The predicted molar refractivity (Wildman–Crippen MR) is 115 cm³/mol. The number of aryl methyl sites for hydroxylation is 1. The molecule has 158 valence electrons. The van der Waals surface area contributed by atoms with Crippen LogP contribution in [-0.4, -0.2) is 60.7 Å². The first-order valence-electron chi connectivity index (χ1n) is 10.0.